The van der Waals surface area contributed by atoms with Crippen LogP contribution >= 0.6 is 0 Å². The Hall–Kier alpha value is -8.41. The van der Waals surface area contributed by atoms with Gasteiger partial charge in [0.1, 0.15) is 0 Å². The van der Waals surface area contributed by atoms with E-state index in [9.17, 15) is 0 Å². The first kappa shape index (κ1) is 38.3. The quantitative estimate of drug-likeness (QED) is 0.160. The van der Waals surface area contributed by atoms with Crippen molar-refractivity contribution in [3.8, 4) is 61.7 Å². The van der Waals surface area contributed by atoms with Gasteiger partial charge in [-0.25, -0.2) is 9.97 Å². The Morgan fingerprint density at radius 2 is 0.954 bits per heavy atom. The van der Waals surface area contributed by atoms with E-state index in [1.54, 1.807) is 12.4 Å². The number of hydrogen-bond acceptors (Lipinski definition) is 4. The van der Waals surface area contributed by atoms with Crippen molar-refractivity contribution in [1.82, 2.24) is 19.5 Å². The molecular weight excluding hydrogens is 791 g/mol. The molecule has 3 aromatic heterocycles. The van der Waals surface area contributed by atoms with Gasteiger partial charge in [-0.3, -0.25) is 4.98 Å². The van der Waals surface area contributed by atoms with E-state index in [1.165, 1.54) is 60.8 Å². The minimum Gasteiger partial charge on any atom is -0.310 e. The average molecular weight is 834 g/mol. The molecule has 0 N–H and O–H groups in total. The van der Waals surface area contributed by atoms with Gasteiger partial charge in [0.25, 0.3) is 0 Å². The first-order valence-electron chi connectivity index (χ1n) is 22.2. The zero-order chi connectivity index (χ0) is 43.5. The van der Waals surface area contributed by atoms with Crippen LogP contribution in [0.2, 0.25) is 0 Å². The van der Waals surface area contributed by atoms with E-state index >= 15 is 0 Å². The van der Waals surface area contributed by atoms with Gasteiger partial charge in [0.2, 0.25) is 0 Å². The van der Waals surface area contributed by atoms with E-state index in [0.29, 0.717) is 5.82 Å². The monoisotopic (exact) mass is 833 g/mol. The lowest BCUT2D eigenvalue weighted by Gasteiger charge is -2.42. The Morgan fingerprint density at radius 3 is 1.65 bits per heavy atom. The van der Waals surface area contributed by atoms with Crippen LogP contribution in [-0.2, 0) is 5.41 Å². The highest BCUT2D eigenvalue weighted by Crippen LogP contribution is 2.54. The predicted molar refractivity (Wildman–Crippen MR) is 268 cm³/mol. The highest BCUT2D eigenvalue weighted by molar-refractivity contribution is 6.16. The van der Waals surface area contributed by atoms with Crippen LogP contribution in [0.4, 0.5) is 17.1 Å². The van der Waals surface area contributed by atoms with Crippen LogP contribution in [0.5, 0.6) is 0 Å². The van der Waals surface area contributed by atoms with E-state index in [2.05, 4.69) is 227 Å². The summed E-state index contributed by atoms with van der Waals surface area (Å²) in [6, 6.07) is 74.5. The van der Waals surface area contributed by atoms with Gasteiger partial charge in [-0.15, -0.1) is 0 Å². The Labute approximate surface area is 378 Å². The molecule has 0 radical (unpaired) electrons. The fraction of sp³-hybridized carbons (Fsp3) is 0.0500. The van der Waals surface area contributed by atoms with Crippen LogP contribution < -0.4 is 4.90 Å². The van der Waals surface area contributed by atoms with Gasteiger partial charge >= 0.3 is 0 Å². The van der Waals surface area contributed by atoms with Crippen LogP contribution in [0.25, 0.3) is 83.5 Å². The summed E-state index contributed by atoms with van der Waals surface area (Å²) in [5, 5.41) is 2.42. The highest BCUT2D eigenvalue weighted by atomic mass is 15.2. The van der Waals surface area contributed by atoms with Crippen molar-refractivity contribution in [2.45, 2.75) is 19.3 Å². The maximum Gasteiger partial charge on any atom is 0.159 e. The second kappa shape index (κ2) is 15.4. The molecule has 0 atom stereocenters. The molecule has 1 aliphatic heterocycles. The maximum atomic E-state index is 4.77. The molecule has 8 aromatic carbocycles. The van der Waals surface area contributed by atoms with Crippen molar-refractivity contribution in [1.29, 1.82) is 0 Å². The van der Waals surface area contributed by atoms with Gasteiger partial charge < -0.3 is 9.47 Å². The number of hydrogen-bond donors (Lipinski definition) is 0. The zero-order valence-electron chi connectivity index (χ0n) is 36.1. The summed E-state index contributed by atoms with van der Waals surface area (Å²) in [6.07, 6.45) is 5.44. The molecule has 65 heavy (non-hydrogen) atoms. The molecule has 0 spiro atoms. The van der Waals surface area contributed by atoms with Crippen molar-refractivity contribution < 1.29 is 0 Å². The second-order valence-corrected chi connectivity index (χ2v) is 17.3. The summed E-state index contributed by atoms with van der Waals surface area (Å²) in [5.41, 5.74) is 19.0. The number of rotatable bonds is 7. The van der Waals surface area contributed by atoms with E-state index in [4.69, 9.17) is 4.98 Å². The molecule has 308 valence electrons. The van der Waals surface area contributed by atoms with Crippen molar-refractivity contribution in [2.24, 2.45) is 0 Å². The molecule has 0 amide bonds. The molecule has 5 nitrogen and oxygen atoms in total. The molecular formula is C60H43N5. The fourth-order valence-electron chi connectivity index (χ4n) is 9.91. The largest absolute Gasteiger partial charge is 0.310 e. The predicted octanol–water partition coefficient (Wildman–Crippen LogP) is 15.4. The van der Waals surface area contributed by atoms with Crippen LogP contribution in [-0.4, -0.2) is 19.5 Å². The third-order valence-corrected chi connectivity index (χ3v) is 13.1. The van der Waals surface area contributed by atoms with Crippen molar-refractivity contribution in [3.63, 3.8) is 0 Å². The molecule has 12 rings (SSSR count). The summed E-state index contributed by atoms with van der Waals surface area (Å²) in [7, 11) is 0. The van der Waals surface area contributed by atoms with Gasteiger partial charge in [0, 0.05) is 62.8 Å². The molecule has 0 fully saturated rings. The molecule has 0 saturated carbocycles. The molecule has 0 saturated heterocycles. The summed E-state index contributed by atoms with van der Waals surface area (Å²) in [4.78, 5) is 16.2. The first-order valence-corrected chi connectivity index (χ1v) is 22.2. The molecule has 4 heterocycles. The third-order valence-electron chi connectivity index (χ3n) is 13.1. The van der Waals surface area contributed by atoms with Crippen LogP contribution in [0.3, 0.4) is 0 Å². The Bertz CT molecular complexity index is 3530. The van der Waals surface area contributed by atoms with Crippen molar-refractivity contribution >= 4 is 38.9 Å². The van der Waals surface area contributed by atoms with Gasteiger partial charge in [-0.05, 0) is 136 Å². The van der Waals surface area contributed by atoms with Crippen LogP contribution in [0.15, 0.2) is 225 Å². The Morgan fingerprint density at radius 1 is 0.385 bits per heavy atom. The van der Waals surface area contributed by atoms with Gasteiger partial charge in [0.15, 0.2) is 5.82 Å². The second-order valence-electron chi connectivity index (χ2n) is 17.3. The lowest BCUT2D eigenvalue weighted by Crippen LogP contribution is -2.31. The van der Waals surface area contributed by atoms with E-state index in [1.807, 2.05) is 18.3 Å². The van der Waals surface area contributed by atoms with E-state index < -0.39 is 0 Å². The van der Waals surface area contributed by atoms with E-state index in [0.717, 1.165) is 45.1 Å². The molecule has 5 heteroatoms. The minimum absolute atomic E-state index is 0.387. The lowest BCUT2D eigenvalue weighted by atomic mass is 9.72. The number of benzene rings is 8. The van der Waals surface area contributed by atoms with Crippen molar-refractivity contribution in [2.75, 3.05) is 4.90 Å². The molecule has 1 aliphatic rings. The fourth-order valence-corrected chi connectivity index (χ4v) is 9.91. The topological polar surface area (TPSA) is 46.8 Å². The first-order chi connectivity index (χ1) is 32.0. The molecule has 0 bridgehead atoms. The molecule has 0 aliphatic carbocycles. The van der Waals surface area contributed by atoms with Gasteiger partial charge in [-0.1, -0.05) is 123 Å². The smallest absolute Gasteiger partial charge is 0.159 e. The van der Waals surface area contributed by atoms with Crippen molar-refractivity contribution in [3.05, 3.63) is 236 Å². The van der Waals surface area contributed by atoms with Crippen LogP contribution in [0.1, 0.15) is 25.0 Å². The summed E-state index contributed by atoms with van der Waals surface area (Å²) < 4.78 is 2.51. The average Bonchev–Trinajstić information content (AvgIpc) is 3.71. The Kier molecular flexibility index (Phi) is 9.09. The standard InChI is InChI=1S/C60H43N5/c1-60(2)52-38-45(54-21-12-13-32-61-54)25-30-56(52)64(47-26-22-43(23-27-47)59-62-33-14-34-63-59)57-31-28-48(39-53(57)60)65-55-29-24-44(40-15-6-3-7-16-40)35-50(55)51-37-46(41-17-8-4-9-18-41)36-49(58(51)65)42-19-10-5-11-20-42/h3-39H,1-2H3. The van der Waals surface area contributed by atoms with E-state index in [-0.39, 0.29) is 5.41 Å². The lowest BCUT2D eigenvalue weighted by molar-refractivity contribution is 0.631. The highest BCUT2D eigenvalue weighted by Gasteiger charge is 2.38. The summed E-state index contributed by atoms with van der Waals surface area (Å²) >= 11 is 0. The number of anilines is 3. The van der Waals surface area contributed by atoms with Crippen LogP contribution in [0, 0.1) is 0 Å². The number of aromatic nitrogens is 4. The summed E-state index contributed by atoms with van der Waals surface area (Å²) in [6.45, 7) is 4.73. The number of pyridine rings is 1. The molecule has 0 unspecified atom stereocenters. The maximum absolute atomic E-state index is 4.77. The zero-order valence-corrected chi connectivity index (χ0v) is 36.1. The summed E-state index contributed by atoms with van der Waals surface area (Å²) in [5.74, 6) is 0.706. The molecule has 11 aromatic rings. The SMILES string of the molecule is CC1(C)c2cc(-c3ccccn3)ccc2N(c2ccc(-c3ncccn3)cc2)c2ccc(-n3c4ccc(-c5ccccc5)cc4c4cc(-c5ccccc5)cc(-c5ccccc5)c43)cc21. The number of nitrogens with zero attached hydrogens (tertiary/aromatic N) is 5. The number of fused-ring (bicyclic) bond motifs is 5. The normalized spacial score (nSPS) is 12.9. The minimum atomic E-state index is -0.387. The third kappa shape index (κ3) is 6.51. The van der Waals surface area contributed by atoms with Gasteiger partial charge in [0.05, 0.1) is 28.1 Å². The van der Waals surface area contributed by atoms with Gasteiger partial charge in [-0.2, -0.15) is 0 Å². The Balaban J connectivity index is 1.12.